The molecule has 2 heteroatoms. The van der Waals surface area contributed by atoms with Crippen molar-refractivity contribution in [1.82, 2.24) is 0 Å². The molecule has 0 spiro atoms. The van der Waals surface area contributed by atoms with Crippen LogP contribution in [0.2, 0.25) is 0 Å². The van der Waals surface area contributed by atoms with Gasteiger partial charge >= 0.3 is 0 Å². The van der Waals surface area contributed by atoms with Crippen LogP contribution >= 0.6 is 0 Å². The molecular formula is C10H17NO. The zero-order chi connectivity index (χ0) is 9.03. The Morgan fingerprint density at radius 2 is 2.25 bits per heavy atom. The number of methoxy groups -OCH3 is 1. The van der Waals surface area contributed by atoms with Gasteiger partial charge in [0.25, 0.3) is 0 Å². The molecule has 0 saturated heterocycles. The number of ether oxygens (including phenoxy) is 1. The van der Waals surface area contributed by atoms with Gasteiger partial charge in [0.05, 0.1) is 5.60 Å². The van der Waals surface area contributed by atoms with E-state index in [1.165, 1.54) is 6.42 Å². The molecule has 12 heavy (non-hydrogen) atoms. The minimum Gasteiger partial charge on any atom is -0.377 e. The normalized spacial score (nSPS) is 21.9. The molecule has 1 rings (SSSR count). The van der Waals surface area contributed by atoms with E-state index in [2.05, 4.69) is 11.8 Å². The summed E-state index contributed by atoms with van der Waals surface area (Å²) in [6.45, 7) is 1.84. The smallest absolute Gasteiger partial charge is 0.0838 e. The van der Waals surface area contributed by atoms with Gasteiger partial charge in [-0.1, -0.05) is 0 Å². The van der Waals surface area contributed by atoms with Gasteiger partial charge in [-0.15, -0.1) is 11.8 Å². The topological polar surface area (TPSA) is 35.2 Å². The Hall–Kier alpha value is -0.520. The predicted octanol–water partition coefficient (Wildman–Crippen LogP) is 1.30. The minimum absolute atomic E-state index is 0.0517. The van der Waals surface area contributed by atoms with E-state index in [4.69, 9.17) is 10.5 Å². The summed E-state index contributed by atoms with van der Waals surface area (Å²) in [5.41, 5.74) is 5.93. The van der Waals surface area contributed by atoms with E-state index in [1.807, 2.05) is 6.92 Å². The standard InChI is InChI=1S/C10H17NO/c1-3-4-6-9(11)10(12-2)7-5-8-10/h9H,5-8,11H2,1-2H3. The van der Waals surface area contributed by atoms with Gasteiger partial charge in [-0.05, 0) is 26.2 Å². The molecule has 1 atom stereocenters. The van der Waals surface area contributed by atoms with Gasteiger partial charge in [0.15, 0.2) is 0 Å². The van der Waals surface area contributed by atoms with Crippen molar-refractivity contribution in [2.75, 3.05) is 7.11 Å². The Morgan fingerprint density at radius 3 is 2.58 bits per heavy atom. The monoisotopic (exact) mass is 167 g/mol. The van der Waals surface area contributed by atoms with Gasteiger partial charge in [-0.2, -0.15) is 0 Å². The SMILES string of the molecule is CC#CCC(N)C1(OC)CCC1. The maximum atomic E-state index is 5.98. The highest BCUT2D eigenvalue weighted by Gasteiger charge is 2.42. The van der Waals surface area contributed by atoms with Crippen molar-refractivity contribution in [2.24, 2.45) is 5.73 Å². The Kier molecular flexibility index (Phi) is 3.13. The molecular weight excluding hydrogens is 150 g/mol. The lowest BCUT2D eigenvalue weighted by Crippen LogP contribution is -2.54. The molecule has 1 saturated carbocycles. The third kappa shape index (κ3) is 1.63. The highest BCUT2D eigenvalue weighted by Crippen LogP contribution is 2.38. The van der Waals surface area contributed by atoms with Crippen LogP contribution in [0, 0.1) is 11.8 Å². The number of hydrogen-bond donors (Lipinski definition) is 1. The van der Waals surface area contributed by atoms with E-state index in [1.54, 1.807) is 7.11 Å². The molecule has 1 fully saturated rings. The fraction of sp³-hybridized carbons (Fsp3) is 0.800. The van der Waals surface area contributed by atoms with Gasteiger partial charge < -0.3 is 10.5 Å². The highest BCUT2D eigenvalue weighted by atomic mass is 16.5. The lowest BCUT2D eigenvalue weighted by molar-refractivity contribution is -0.0887. The molecule has 0 aromatic heterocycles. The molecule has 0 bridgehead atoms. The van der Waals surface area contributed by atoms with E-state index < -0.39 is 0 Å². The number of nitrogens with two attached hydrogens (primary N) is 1. The first-order valence-electron chi connectivity index (χ1n) is 4.45. The average molecular weight is 167 g/mol. The molecule has 1 aliphatic rings. The van der Waals surface area contributed by atoms with Crippen LogP contribution in [-0.4, -0.2) is 18.8 Å². The first-order valence-corrected chi connectivity index (χ1v) is 4.45. The Morgan fingerprint density at radius 1 is 1.58 bits per heavy atom. The van der Waals surface area contributed by atoms with Crippen LogP contribution in [0.4, 0.5) is 0 Å². The first kappa shape index (κ1) is 9.57. The molecule has 0 radical (unpaired) electrons. The zero-order valence-corrected chi connectivity index (χ0v) is 7.89. The Bertz CT molecular complexity index is 192. The summed E-state index contributed by atoms with van der Waals surface area (Å²) >= 11 is 0. The van der Waals surface area contributed by atoms with Crippen LogP contribution in [0.1, 0.15) is 32.6 Å². The van der Waals surface area contributed by atoms with Crippen LogP contribution in [0.15, 0.2) is 0 Å². The van der Waals surface area contributed by atoms with Gasteiger partial charge in [0.1, 0.15) is 0 Å². The van der Waals surface area contributed by atoms with Crippen molar-refractivity contribution in [3.05, 3.63) is 0 Å². The van der Waals surface area contributed by atoms with Crippen LogP contribution in [0.5, 0.6) is 0 Å². The average Bonchev–Trinajstić information content (AvgIpc) is 2.00. The predicted molar refractivity (Wildman–Crippen MR) is 49.6 cm³/mol. The van der Waals surface area contributed by atoms with Crippen LogP contribution in [0.3, 0.4) is 0 Å². The summed E-state index contributed by atoms with van der Waals surface area (Å²) in [4.78, 5) is 0. The van der Waals surface area contributed by atoms with Crippen molar-refractivity contribution in [3.63, 3.8) is 0 Å². The fourth-order valence-electron chi connectivity index (χ4n) is 1.65. The van der Waals surface area contributed by atoms with E-state index in [0.29, 0.717) is 0 Å². The van der Waals surface area contributed by atoms with Gasteiger partial charge in [-0.3, -0.25) is 0 Å². The molecule has 0 aliphatic heterocycles. The van der Waals surface area contributed by atoms with Gasteiger partial charge in [0.2, 0.25) is 0 Å². The van der Waals surface area contributed by atoms with Crippen molar-refractivity contribution < 1.29 is 4.74 Å². The van der Waals surface area contributed by atoms with Crippen LogP contribution in [-0.2, 0) is 4.74 Å². The third-order valence-electron chi connectivity index (χ3n) is 2.78. The van der Waals surface area contributed by atoms with Crippen molar-refractivity contribution in [1.29, 1.82) is 0 Å². The number of rotatable bonds is 3. The molecule has 0 aromatic rings. The maximum absolute atomic E-state index is 5.98. The molecule has 0 amide bonds. The molecule has 0 heterocycles. The third-order valence-corrected chi connectivity index (χ3v) is 2.78. The van der Waals surface area contributed by atoms with Gasteiger partial charge in [0, 0.05) is 19.6 Å². The maximum Gasteiger partial charge on any atom is 0.0838 e. The van der Waals surface area contributed by atoms with Gasteiger partial charge in [-0.25, -0.2) is 0 Å². The second-order valence-corrected chi connectivity index (χ2v) is 3.36. The Balaban J connectivity index is 2.46. The van der Waals surface area contributed by atoms with E-state index in [0.717, 1.165) is 19.3 Å². The minimum atomic E-state index is -0.0517. The summed E-state index contributed by atoms with van der Waals surface area (Å²) in [7, 11) is 1.75. The summed E-state index contributed by atoms with van der Waals surface area (Å²) in [5, 5.41) is 0. The molecule has 1 aliphatic carbocycles. The van der Waals surface area contributed by atoms with E-state index >= 15 is 0 Å². The second kappa shape index (κ2) is 3.93. The summed E-state index contributed by atoms with van der Waals surface area (Å²) in [6, 6.07) is 0.0868. The first-order chi connectivity index (χ1) is 5.75. The lowest BCUT2D eigenvalue weighted by Gasteiger charge is -2.44. The molecule has 2 nitrogen and oxygen atoms in total. The lowest BCUT2D eigenvalue weighted by atomic mass is 9.74. The second-order valence-electron chi connectivity index (χ2n) is 3.36. The quantitative estimate of drug-likeness (QED) is 0.643. The molecule has 1 unspecified atom stereocenters. The summed E-state index contributed by atoms with van der Waals surface area (Å²) < 4.78 is 5.44. The van der Waals surface area contributed by atoms with E-state index in [9.17, 15) is 0 Å². The number of hydrogen-bond acceptors (Lipinski definition) is 2. The molecule has 2 N–H and O–H groups in total. The Labute approximate surface area is 74.5 Å². The zero-order valence-electron chi connectivity index (χ0n) is 7.89. The van der Waals surface area contributed by atoms with Crippen LogP contribution in [0.25, 0.3) is 0 Å². The van der Waals surface area contributed by atoms with Crippen LogP contribution < -0.4 is 5.73 Å². The van der Waals surface area contributed by atoms with E-state index in [-0.39, 0.29) is 11.6 Å². The fourth-order valence-corrected chi connectivity index (χ4v) is 1.65. The van der Waals surface area contributed by atoms with Crippen molar-refractivity contribution >= 4 is 0 Å². The summed E-state index contributed by atoms with van der Waals surface area (Å²) in [5.74, 6) is 5.86. The molecule has 68 valence electrons. The van der Waals surface area contributed by atoms with Crippen molar-refractivity contribution in [3.8, 4) is 11.8 Å². The largest absolute Gasteiger partial charge is 0.377 e. The highest BCUT2D eigenvalue weighted by molar-refractivity contribution is 5.06. The van der Waals surface area contributed by atoms with Crippen molar-refractivity contribution in [2.45, 2.75) is 44.2 Å². The summed E-state index contributed by atoms with van der Waals surface area (Å²) in [6.07, 6.45) is 4.18. The molecule has 0 aromatic carbocycles.